The molecular formula is C10H19N5O2. The first kappa shape index (κ1) is 13.4. The molecule has 0 fully saturated rings. The molecule has 0 aromatic carbocycles. The highest BCUT2D eigenvalue weighted by atomic mass is 16.6. The average molecular weight is 241 g/mol. The van der Waals surface area contributed by atoms with Gasteiger partial charge in [0.15, 0.2) is 0 Å². The maximum Gasteiger partial charge on any atom is 0.406 e. The maximum atomic E-state index is 10.8. The Balaban J connectivity index is 3.08. The largest absolute Gasteiger partial charge is 0.406 e. The van der Waals surface area contributed by atoms with Gasteiger partial charge in [0.1, 0.15) is 0 Å². The van der Waals surface area contributed by atoms with Crippen LogP contribution in [0, 0.1) is 10.1 Å². The Morgan fingerprint density at radius 2 is 2.18 bits per heavy atom. The van der Waals surface area contributed by atoms with Crippen LogP contribution in [-0.4, -0.2) is 26.6 Å². The molecule has 1 aromatic rings. The van der Waals surface area contributed by atoms with Gasteiger partial charge >= 0.3 is 5.82 Å². The van der Waals surface area contributed by atoms with Crippen molar-refractivity contribution in [3.63, 3.8) is 0 Å². The van der Waals surface area contributed by atoms with E-state index in [1.807, 2.05) is 13.8 Å². The molecule has 7 heteroatoms. The SMILES string of the molecule is CCC(CC)(CN)Nc1c([N+](=O)[O-])ncn1C. The predicted octanol–water partition coefficient (Wildman–Crippen LogP) is 1.26. The second kappa shape index (κ2) is 5.13. The third-order valence-electron chi connectivity index (χ3n) is 3.22. The molecule has 0 spiro atoms. The van der Waals surface area contributed by atoms with Gasteiger partial charge in [-0.2, -0.15) is 0 Å². The van der Waals surface area contributed by atoms with E-state index in [4.69, 9.17) is 5.73 Å². The smallest absolute Gasteiger partial charge is 0.358 e. The maximum absolute atomic E-state index is 10.8. The van der Waals surface area contributed by atoms with Crippen LogP contribution in [0.1, 0.15) is 26.7 Å². The highest BCUT2D eigenvalue weighted by molar-refractivity contribution is 5.53. The van der Waals surface area contributed by atoms with Crippen LogP contribution in [0.5, 0.6) is 0 Å². The molecule has 96 valence electrons. The fourth-order valence-electron chi connectivity index (χ4n) is 1.71. The van der Waals surface area contributed by atoms with Gasteiger partial charge in [0, 0.05) is 13.6 Å². The van der Waals surface area contributed by atoms with Crippen LogP contribution in [0.4, 0.5) is 11.6 Å². The Kier molecular flexibility index (Phi) is 4.06. The number of rotatable bonds is 6. The summed E-state index contributed by atoms with van der Waals surface area (Å²) >= 11 is 0. The van der Waals surface area contributed by atoms with Crippen molar-refractivity contribution in [3.8, 4) is 0 Å². The van der Waals surface area contributed by atoms with Crippen molar-refractivity contribution in [2.75, 3.05) is 11.9 Å². The van der Waals surface area contributed by atoms with Crippen LogP contribution in [0.3, 0.4) is 0 Å². The Morgan fingerprint density at radius 1 is 1.59 bits per heavy atom. The molecule has 17 heavy (non-hydrogen) atoms. The molecule has 0 aliphatic rings. The lowest BCUT2D eigenvalue weighted by atomic mass is 9.93. The minimum absolute atomic E-state index is 0.160. The van der Waals surface area contributed by atoms with Gasteiger partial charge in [-0.3, -0.25) is 4.57 Å². The summed E-state index contributed by atoms with van der Waals surface area (Å²) in [6.07, 6.45) is 3.01. The van der Waals surface area contributed by atoms with Crippen LogP contribution in [0.15, 0.2) is 6.33 Å². The third-order valence-corrected chi connectivity index (χ3v) is 3.22. The lowest BCUT2D eigenvalue weighted by Gasteiger charge is -2.31. The average Bonchev–Trinajstić information content (AvgIpc) is 2.68. The van der Waals surface area contributed by atoms with E-state index in [0.29, 0.717) is 12.4 Å². The molecule has 0 radical (unpaired) electrons. The number of nitrogens with zero attached hydrogens (tertiary/aromatic N) is 3. The zero-order chi connectivity index (χ0) is 13.1. The van der Waals surface area contributed by atoms with Crippen LogP contribution < -0.4 is 11.1 Å². The lowest BCUT2D eigenvalue weighted by molar-refractivity contribution is -0.388. The standard InChI is InChI=1S/C10H19N5O2/c1-4-10(5-2,6-11)13-9-8(15(16)17)12-7-14(9)3/h7,13H,4-6,11H2,1-3H3. The minimum atomic E-state index is -0.491. The molecule has 0 bridgehead atoms. The normalized spacial score (nSPS) is 11.5. The van der Waals surface area contributed by atoms with Gasteiger partial charge in [-0.05, 0) is 22.7 Å². The molecule has 3 N–H and O–H groups in total. The number of hydrogen-bond acceptors (Lipinski definition) is 5. The molecule has 0 saturated carbocycles. The summed E-state index contributed by atoms with van der Waals surface area (Å²) in [5.74, 6) is 0.247. The van der Waals surface area contributed by atoms with E-state index in [-0.39, 0.29) is 11.4 Å². The van der Waals surface area contributed by atoms with Crippen molar-refractivity contribution in [1.29, 1.82) is 0 Å². The van der Waals surface area contributed by atoms with Crippen LogP contribution >= 0.6 is 0 Å². The van der Waals surface area contributed by atoms with Crippen molar-refractivity contribution in [3.05, 3.63) is 16.4 Å². The van der Waals surface area contributed by atoms with E-state index in [9.17, 15) is 10.1 Å². The monoisotopic (exact) mass is 241 g/mol. The Bertz CT molecular complexity index is 389. The number of nitrogens with one attached hydrogen (secondary N) is 1. The zero-order valence-corrected chi connectivity index (χ0v) is 10.4. The summed E-state index contributed by atoms with van der Waals surface area (Å²) < 4.78 is 1.61. The fourth-order valence-corrected chi connectivity index (χ4v) is 1.71. The second-order valence-corrected chi connectivity index (χ2v) is 4.10. The van der Waals surface area contributed by atoms with Crippen molar-refractivity contribution in [1.82, 2.24) is 9.55 Å². The number of nitrogens with two attached hydrogens (primary N) is 1. The van der Waals surface area contributed by atoms with Gasteiger partial charge in [0.25, 0.3) is 0 Å². The quantitative estimate of drug-likeness (QED) is 0.577. The van der Waals surface area contributed by atoms with Gasteiger partial charge in [-0.1, -0.05) is 13.8 Å². The topological polar surface area (TPSA) is 99.0 Å². The van der Waals surface area contributed by atoms with Gasteiger partial charge in [0.2, 0.25) is 12.1 Å². The summed E-state index contributed by atoms with van der Waals surface area (Å²) in [5.41, 5.74) is 5.44. The molecule has 0 atom stereocenters. The summed E-state index contributed by atoms with van der Waals surface area (Å²) in [5, 5.41) is 14.0. The van der Waals surface area contributed by atoms with Crippen LogP contribution in [-0.2, 0) is 7.05 Å². The molecule has 1 heterocycles. The van der Waals surface area contributed by atoms with E-state index in [1.54, 1.807) is 11.6 Å². The number of anilines is 1. The summed E-state index contributed by atoms with van der Waals surface area (Å²) in [7, 11) is 1.72. The van der Waals surface area contributed by atoms with Gasteiger partial charge < -0.3 is 21.2 Å². The molecule has 0 amide bonds. The van der Waals surface area contributed by atoms with E-state index < -0.39 is 4.92 Å². The van der Waals surface area contributed by atoms with Crippen LogP contribution in [0.25, 0.3) is 0 Å². The fraction of sp³-hybridized carbons (Fsp3) is 0.700. The van der Waals surface area contributed by atoms with E-state index >= 15 is 0 Å². The highest BCUT2D eigenvalue weighted by Crippen LogP contribution is 2.27. The lowest BCUT2D eigenvalue weighted by Crippen LogP contribution is -2.45. The van der Waals surface area contributed by atoms with E-state index in [2.05, 4.69) is 10.3 Å². The van der Waals surface area contributed by atoms with Crippen molar-refractivity contribution in [2.24, 2.45) is 12.8 Å². The number of aromatic nitrogens is 2. The molecule has 0 saturated heterocycles. The van der Waals surface area contributed by atoms with E-state index in [1.165, 1.54) is 6.33 Å². The van der Waals surface area contributed by atoms with Gasteiger partial charge in [-0.25, -0.2) is 0 Å². The Hall–Kier alpha value is -1.63. The van der Waals surface area contributed by atoms with Gasteiger partial charge in [0.05, 0.1) is 5.54 Å². The number of imidazole rings is 1. The number of nitro groups is 1. The second-order valence-electron chi connectivity index (χ2n) is 4.10. The Morgan fingerprint density at radius 3 is 2.59 bits per heavy atom. The predicted molar refractivity (Wildman–Crippen MR) is 65.9 cm³/mol. The van der Waals surface area contributed by atoms with Crippen LogP contribution in [0.2, 0.25) is 0 Å². The number of aryl methyl sites for hydroxylation is 1. The van der Waals surface area contributed by atoms with Crippen molar-refractivity contribution < 1.29 is 4.92 Å². The summed E-state index contributed by atoms with van der Waals surface area (Å²) in [6.45, 7) is 4.43. The first-order valence-electron chi connectivity index (χ1n) is 5.63. The molecule has 0 aliphatic heterocycles. The highest BCUT2D eigenvalue weighted by Gasteiger charge is 2.30. The van der Waals surface area contributed by atoms with Crippen molar-refractivity contribution in [2.45, 2.75) is 32.2 Å². The first-order chi connectivity index (χ1) is 7.99. The van der Waals surface area contributed by atoms with E-state index in [0.717, 1.165) is 12.8 Å². The summed E-state index contributed by atoms with van der Waals surface area (Å²) in [4.78, 5) is 14.1. The third kappa shape index (κ3) is 2.55. The molecule has 7 nitrogen and oxygen atoms in total. The summed E-state index contributed by atoms with van der Waals surface area (Å²) in [6, 6.07) is 0. The Labute approximate surface area is 100 Å². The molecule has 0 unspecified atom stereocenters. The van der Waals surface area contributed by atoms with Gasteiger partial charge in [-0.15, -0.1) is 0 Å². The molecule has 1 rings (SSSR count). The first-order valence-corrected chi connectivity index (χ1v) is 5.63. The number of hydrogen-bond donors (Lipinski definition) is 2. The molecule has 1 aromatic heterocycles. The van der Waals surface area contributed by atoms with Crippen molar-refractivity contribution >= 4 is 11.6 Å². The molecular weight excluding hydrogens is 222 g/mol. The minimum Gasteiger partial charge on any atom is -0.358 e. The molecule has 0 aliphatic carbocycles. The zero-order valence-electron chi connectivity index (χ0n) is 10.4.